The first-order chi connectivity index (χ1) is 8.20. The van der Waals surface area contributed by atoms with Crippen molar-refractivity contribution in [1.82, 2.24) is 15.1 Å². The Morgan fingerprint density at radius 2 is 2.29 bits per heavy atom. The molecule has 17 heavy (non-hydrogen) atoms. The molecule has 0 amide bonds. The van der Waals surface area contributed by atoms with E-state index < -0.39 is 0 Å². The van der Waals surface area contributed by atoms with Crippen molar-refractivity contribution in [2.24, 2.45) is 5.92 Å². The van der Waals surface area contributed by atoms with E-state index in [1.165, 1.54) is 19.4 Å². The van der Waals surface area contributed by atoms with Crippen molar-refractivity contribution in [3.63, 3.8) is 0 Å². The van der Waals surface area contributed by atoms with Gasteiger partial charge in [-0.3, -0.25) is 4.90 Å². The number of likely N-dealkylation sites (tertiary alicyclic amines) is 1. The first-order valence-corrected chi connectivity index (χ1v) is 7.32. The van der Waals surface area contributed by atoms with Crippen LogP contribution in [0.15, 0.2) is 0 Å². The molecule has 2 heterocycles. The van der Waals surface area contributed by atoms with Gasteiger partial charge in [-0.1, -0.05) is 25.2 Å². The summed E-state index contributed by atoms with van der Waals surface area (Å²) < 4.78 is 0. The number of aromatic nitrogens is 2. The fraction of sp³-hybridized carbons (Fsp3) is 0.833. The van der Waals surface area contributed by atoms with E-state index in [1.54, 1.807) is 11.3 Å². The van der Waals surface area contributed by atoms with Crippen LogP contribution in [0.25, 0.3) is 0 Å². The van der Waals surface area contributed by atoms with Gasteiger partial charge in [-0.15, -0.1) is 10.2 Å². The molecule has 1 aromatic heterocycles. The summed E-state index contributed by atoms with van der Waals surface area (Å²) in [5.41, 5.74) is 0. The molecule has 2 rings (SSSR count). The Morgan fingerprint density at radius 3 is 3.00 bits per heavy atom. The van der Waals surface area contributed by atoms with Gasteiger partial charge in [0.1, 0.15) is 5.01 Å². The molecule has 4 nitrogen and oxygen atoms in total. The first kappa shape index (κ1) is 12.8. The van der Waals surface area contributed by atoms with Gasteiger partial charge in [0.2, 0.25) is 5.13 Å². The highest BCUT2D eigenvalue weighted by atomic mass is 32.1. The van der Waals surface area contributed by atoms with E-state index in [4.69, 9.17) is 0 Å². The maximum atomic E-state index is 4.26. The standard InChI is InChI=1S/C12H22N4S/c1-4-13-12-15-14-11(17-12)8-16-7-5-6-10(16)9(2)3/h9-10H,4-8H2,1-3H3,(H,13,15). The molecule has 0 aromatic carbocycles. The highest BCUT2D eigenvalue weighted by Crippen LogP contribution is 2.26. The maximum Gasteiger partial charge on any atom is 0.205 e. The summed E-state index contributed by atoms with van der Waals surface area (Å²) in [6.45, 7) is 9.79. The van der Waals surface area contributed by atoms with Crippen molar-refractivity contribution in [2.75, 3.05) is 18.4 Å². The average Bonchev–Trinajstić information content (AvgIpc) is 2.89. The SMILES string of the molecule is CCNc1nnc(CN2CCCC2C(C)C)s1. The fourth-order valence-corrected chi connectivity index (χ4v) is 3.35. The van der Waals surface area contributed by atoms with E-state index in [0.29, 0.717) is 0 Å². The largest absolute Gasteiger partial charge is 0.360 e. The van der Waals surface area contributed by atoms with Gasteiger partial charge in [-0.2, -0.15) is 0 Å². The molecule has 1 fully saturated rings. The van der Waals surface area contributed by atoms with Crippen LogP contribution < -0.4 is 5.32 Å². The summed E-state index contributed by atoms with van der Waals surface area (Å²) in [6.07, 6.45) is 2.65. The highest BCUT2D eigenvalue weighted by Gasteiger charge is 2.27. The molecule has 1 N–H and O–H groups in total. The van der Waals surface area contributed by atoms with Crippen molar-refractivity contribution in [2.45, 2.75) is 46.2 Å². The van der Waals surface area contributed by atoms with E-state index in [1.807, 2.05) is 0 Å². The van der Waals surface area contributed by atoms with Crippen LogP contribution in [0.5, 0.6) is 0 Å². The van der Waals surface area contributed by atoms with Crippen LogP contribution in [0.3, 0.4) is 0 Å². The van der Waals surface area contributed by atoms with Gasteiger partial charge in [-0.25, -0.2) is 0 Å². The van der Waals surface area contributed by atoms with Gasteiger partial charge in [0.05, 0.1) is 6.54 Å². The smallest absolute Gasteiger partial charge is 0.205 e. The maximum absolute atomic E-state index is 4.26. The second-order valence-corrected chi connectivity index (χ2v) is 6.02. The molecule has 1 aliphatic rings. The third kappa shape index (κ3) is 3.16. The lowest BCUT2D eigenvalue weighted by atomic mass is 10.0. The van der Waals surface area contributed by atoms with Crippen LogP contribution in [-0.2, 0) is 6.54 Å². The molecule has 0 spiro atoms. The zero-order valence-corrected chi connectivity index (χ0v) is 11.8. The molecular weight excluding hydrogens is 232 g/mol. The van der Waals surface area contributed by atoms with Crippen LogP contribution in [0.2, 0.25) is 0 Å². The average molecular weight is 254 g/mol. The quantitative estimate of drug-likeness (QED) is 0.877. The van der Waals surface area contributed by atoms with Crippen LogP contribution >= 0.6 is 11.3 Å². The van der Waals surface area contributed by atoms with Crippen molar-refractivity contribution in [1.29, 1.82) is 0 Å². The Balaban J connectivity index is 1.95. The predicted molar refractivity (Wildman–Crippen MR) is 72.3 cm³/mol. The molecular formula is C12H22N4S. The molecule has 0 radical (unpaired) electrons. The minimum atomic E-state index is 0.724. The minimum absolute atomic E-state index is 0.724. The Morgan fingerprint density at radius 1 is 1.47 bits per heavy atom. The van der Waals surface area contributed by atoms with Gasteiger partial charge >= 0.3 is 0 Å². The van der Waals surface area contributed by atoms with Gasteiger partial charge in [0.15, 0.2) is 0 Å². The van der Waals surface area contributed by atoms with E-state index in [2.05, 4.69) is 41.2 Å². The lowest BCUT2D eigenvalue weighted by Gasteiger charge is -2.26. The second kappa shape index (κ2) is 5.78. The van der Waals surface area contributed by atoms with Crippen molar-refractivity contribution in [3.05, 3.63) is 5.01 Å². The Hall–Kier alpha value is -0.680. The number of nitrogens with zero attached hydrogens (tertiary/aromatic N) is 3. The van der Waals surface area contributed by atoms with Crippen molar-refractivity contribution in [3.8, 4) is 0 Å². The molecule has 96 valence electrons. The zero-order chi connectivity index (χ0) is 12.3. The Labute approximate surface area is 107 Å². The molecule has 1 aliphatic heterocycles. The summed E-state index contributed by atoms with van der Waals surface area (Å²) in [5, 5.41) is 13.7. The number of nitrogens with one attached hydrogen (secondary N) is 1. The first-order valence-electron chi connectivity index (χ1n) is 6.51. The predicted octanol–water partition coefficient (Wildman–Crippen LogP) is 2.59. The summed E-state index contributed by atoms with van der Waals surface area (Å²) in [4.78, 5) is 2.56. The molecule has 0 bridgehead atoms. The zero-order valence-electron chi connectivity index (χ0n) is 10.9. The molecule has 1 saturated heterocycles. The van der Waals surface area contributed by atoms with Crippen molar-refractivity contribution >= 4 is 16.5 Å². The monoisotopic (exact) mass is 254 g/mol. The van der Waals surface area contributed by atoms with Crippen LogP contribution in [-0.4, -0.2) is 34.2 Å². The van der Waals surface area contributed by atoms with E-state index in [0.717, 1.165) is 35.2 Å². The summed E-state index contributed by atoms with van der Waals surface area (Å²) in [5.74, 6) is 0.735. The molecule has 0 saturated carbocycles. The van der Waals surface area contributed by atoms with Crippen LogP contribution in [0.4, 0.5) is 5.13 Å². The molecule has 1 atom stereocenters. The van der Waals surface area contributed by atoms with E-state index >= 15 is 0 Å². The Bertz CT molecular complexity index is 350. The van der Waals surface area contributed by atoms with Gasteiger partial charge in [-0.05, 0) is 32.2 Å². The third-order valence-corrected chi connectivity index (χ3v) is 4.18. The normalized spacial score (nSPS) is 21.3. The van der Waals surface area contributed by atoms with Gasteiger partial charge in [0.25, 0.3) is 0 Å². The molecule has 0 aliphatic carbocycles. The van der Waals surface area contributed by atoms with Crippen LogP contribution in [0.1, 0.15) is 38.6 Å². The minimum Gasteiger partial charge on any atom is -0.360 e. The summed E-state index contributed by atoms with van der Waals surface area (Å²) in [7, 11) is 0. The highest BCUT2D eigenvalue weighted by molar-refractivity contribution is 7.15. The van der Waals surface area contributed by atoms with E-state index in [-0.39, 0.29) is 0 Å². The van der Waals surface area contributed by atoms with Crippen molar-refractivity contribution < 1.29 is 0 Å². The second-order valence-electron chi connectivity index (χ2n) is 4.96. The van der Waals surface area contributed by atoms with E-state index in [9.17, 15) is 0 Å². The van der Waals surface area contributed by atoms with Gasteiger partial charge < -0.3 is 5.32 Å². The number of hydrogen-bond donors (Lipinski definition) is 1. The number of hydrogen-bond acceptors (Lipinski definition) is 5. The number of rotatable bonds is 5. The molecule has 1 aromatic rings. The topological polar surface area (TPSA) is 41.1 Å². The van der Waals surface area contributed by atoms with Crippen LogP contribution in [0, 0.1) is 5.92 Å². The lowest BCUT2D eigenvalue weighted by molar-refractivity contribution is 0.198. The summed E-state index contributed by atoms with van der Waals surface area (Å²) in [6, 6.07) is 0.724. The Kier molecular flexibility index (Phi) is 4.34. The van der Waals surface area contributed by atoms with Gasteiger partial charge in [0, 0.05) is 12.6 Å². The third-order valence-electron chi connectivity index (χ3n) is 3.32. The molecule has 1 unspecified atom stereocenters. The summed E-state index contributed by atoms with van der Waals surface area (Å²) >= 11 is 1.68. The number of anilines is 1. The lowest BCUT2D eigenvalue weighted by Crippen LogP contribution is -2.32. The molecule has 5 heteroatoms. The fourth-order valence-electron chi connectivity index (χ4n) is 2.52.